The maximum Gasteiger partial charge on any atom is 0.411 e. The normalized spacial score (nSPS) is 26.5. The second-order valence-electron chi connectivity index (χ2n) is 6.04. The Kier molecular flexibility index (Phi) is 3.61. The zero-order valence-corrected chi connectivity index (χ0v) is 11.2. The molecule has 2 fully saturated rings. The van der Waals surface area contributed by atoms with Crippen molar-refractivity contribution in [2.24, 2.45) is 0 Å². The largest absolute Gasteiger partial charge is 0.444 e. The van der Waals surface area contributed by atoms with Crippen LogP contribution in [-0.4, -0.2) is 47.3 Å². The van der Waals surface area contributed by atoms with Crippen LogP contribution in [0.4, 0.5) is 4.79 Å². The van der Waals surface area contributed by atoms with Crippen molar-refractivity contribution in [1.82, 2.24) is 9.80 Å². The second-order valence-corrected chi connectivity index (χ2v) is 6.04. The molecule has 0 radical (unpaired) electrons. The molecule has 1 amide bonds. The van der Waals surface area contributed by atoms with Gasteiger partial charge in [-0.25, -0.2) is 4.79 Å². The lowest BCUT2D eigenvalue weighted by Gasteiger charge is -2.33. The lowest BCUT2D eigenvalue weighted by atomic mass is 10.2. The summed E-state index contributed by atoms with van der Waals surface area (Å²) in [7, 11) is 0. The van der Waals surface area contributed by atoms with Crippen molar-refractivity contribution in [3.05, 3.63) is 0 Å². The molecule has 2 heterocycles. The van der Waals surface area contributed by atoms with Gasteiger partial charge in [-0.15, -0.1) is 0 Å². The first-order chi connectivity index (χ1) is 7.97. The maximum atomic E-state index is 12.1. The van der Waals surface area contributed by atoms with Crippen LogP contribution in [-0.2, 0) is 4.74 Å². The van der Waals surface area contributed by atoms with E-state index in [4.69, 9.17) is 4.74 Å². The van der Waals surface area contributed by atoms with E-state index in [1.807, 2.05) is 25.7 Å². The van der Waals surface area contributed by atoms with Crippen molar-refractivity contribution in [1.29, 1.82) is 0 Å². The van der Waals surface area contributed by atoms with E-state index in [0.29, 0.717) is 0 Å². The highest BCUT2D eigenvalue weighted by Crippen LogP contribution is 2.26. The van der Waals surface area contributed by atoms with Gasteiger partial charge in [-0.3, -0.25) is 9.80 Å². The topological polar surface area (TPSA) is 32.8 Å². The van der Waals surface area contributed by atoms with Gasteiger partial charge in [0.15, 0.2) is 0 Å². The number of amides is 1. The van der Waals surface area contributed by atoms with E-state index < -0.39 is 5.60 Å². The van der Waals surface area contributed by atoms with E-state index in [-0.39, 0.29) is 12.3 Å². The molecule has 0 saturated carbocycles. The smallest absolute Gasteiger partial charge is 0.411 e. The van der Waals surface area contributed by atoms with Gasteiger partial charge in [-0.05, 0) is 46.5 Å². The van der Waals surface area contributed by atoms with E-state index in [0.717, 1.165) is 32.5 Å². The molecule has 0 N–H and O–H groups in total. The van der Waals surface area contributed by atoms with Gasteiger partial charge in [0.25, 0.3) is 0 Å². The molecule has 2 rings (SSSR count). The molecule has 0 aromatic rings. The number of hydrogen-bond donors (Lipinski definition) is 0. The van der Waals surface area contributed by atoms with E-state index >= 15 is 0 Å². The maximum absolute atomic E-state index is 12.1. The van der Waals surface area contributed by atoms with Crippen molar-refractivity contribution >= 4 is 6.09 Å². The first-order valence-electron chi connectivity index (χ1n) is 6.71. The summed E-state index contributed by atoms with van der Waals surface area (Å²) < 4.78 is 5.47. The van der Waals surface area contributed by atoms with Crippen LogP contribution in [0.15, 0.2) is 0 Å². The quantitative estimate of drug-likeness (QED) is 0.705. The monoisotopic (exact) mass is 240 g/mol. The predicted molar refractivity (Wildman–Crippen MR) is 66.8 cm³/mol. The highest BCUT2D eigenvalue weighted by atomic mass is 16.6. The highest BCUT2D eigenvalue weighted by Gasteiger charge is 2.36. The number of carbonyl (C=O) groups excluding carboxylic acids is 1. The SMILES string of the molecule is CC(C)(C)OC(=O)N1CCC[C@H]1N1CCCC1. The Morgan fingerprint density at radius 3 is 2.35 bits per heavy atom. The number of carbonyl (C=O) groups is 1. The molecular weight excluding hydrogens is 216 g/mol. The average Bonchev–Trinajstić information content (AvgIpc) is 2.85. The van der Waals surface area contributed by atoms with Crippen molar-refractivity contribution in [3.8, 4) is 0 Å². The summed E-state index contributed by atoms with van der Waals surface area (Å²) >= 11 is 0. The second kappa shape index (κ2) is 4.84. The van der Waals surface area contributed by atoms with Crippen LogP contribution in [0.25, 0.3) is 0 Å². The summed E-state index contributed by atoms with van der Waals surface area (Å²) in [6.45, 7) is 8.87. The van der Waals surface area contributed by atoms with Crippen molar-refractivity contribution in [3.63, 3.8) is 0 Å². The van der Waals surface area contributed by atoms with E-state index in [1.54, 1.807) is 0 Å². The molecule has 2 aliphatic heterocycles. The third-order valence-corrected chi connectivity index (χ3v) is 3.41. The molecule has 98 valence electrons. The van der Waals surface area contributed by atoms with Gasteiger partial charge in [0.05, 0.1) is 6.17 Å². The number of ether oxygens (including phenoxy) is 1. The van der Waals surface area contributed by atoms with E-state index in [1.165, 1.54) is 12.8 Å². The van der Waals surface area contributed by atoms with Crippen LogP contribution in [0, 0.1) is 0 Å². The third kappa shape index (κ3) is 3.12. The van der Waals surface area contributed by atoms with Gasteiger partial charge in [0.2, 0.25) is 0 Å². The van der Waals surface area contributed by atoms with Gasteiger partial charge >= 0.3 is 6.09 Å². The number of nitrogens with zero attached hydrogens (tertiary/aromatic N) is 2. The Morgan fingerprint density at radius 1 is 1.12 bits per heavy atom. The van der Waals surface area contributed by atoms with Crippen LogP contribution >= 0.6 is 0 Å². The van der Waals surface area contributed by atoms with Crippen LogP contribution in [0.3, 0.4) is 0 Å². The fraction of sp³-hybridized carbons (Fsp3) is 0.923. The summed E-state index contributed by atoms with van der Waals surface area (Å²) in [5, 5.41) is 0. The molecule has 4 nitrogen and oxygen atoms in total. The van der Waals surface area contributed by atoms with Crippen LogP contribution in [0.1, 0.15) is 46.5 Å². The first kappa shape index (κ1) is 12.7. The molecule has 0 bridgehead atoms. The molecule has 17 heavy (non-hydrogen) atoms. The number of likely N-dealkylation sites (tertiary alicyclic amines) is 2. The lowest BCUT2D eigenvalue weighted by molar-refractivity contribution is 0.00476. The summed E-state index contributed by atoms with van der Waals surface area (Å²) in [5.74, 6) is 0. The van der Waals surface area contributed by atoms with Gasteiger partial charge in [0, 0.05) is 19.6 Å². The molecule has 1 atom stereocenters. The van der Waals surface area contributed by atoms with Gasteiger partial charge in [-0.2, -0.15) is 0 Å². The molecule has 0 aromatic carbocycles. The van der Waals surface area contributed by atoms with Crippen LogP contribution in [0.2, 0.25) is 0 Å². The Hall–Kier alpha value is -0.770. The Balaban J connectivity index is 1.96. The highest BCUT2D eigenvalue weighted by molar-refractivity contribution is 5.68. The van der Waals surface area contributed by atoms with Crippen LogP contribution < -0.4 is 0 Å². The summed E-state index contributed by atoms with van der Waals surface area (Å²) in [4.78, 5) is 16.4. The van der Waals surface area contributed by atoms with Gasteiger partial charge in [-0.1, -0.05) is 0 Å². The number of rotatable bonds is 1. The van der Waals surface area contributed by atoms with Crippen LogP contribution in [0.5, 0.6) is 0 Å². The van der Waals surface area contributed by atoms with Crippen molar-refractivity contribution < 1.29 is 9.53 Å². The third-order valence-electron chi connectivity index (χ3n) is 3.41. The van der Waals surface area contributed by atoms with Crippen molar-refractivity contribution in [2.75, 3.05) is 19.6 Å². The molecule has 0 spiro atoms. The van der Waals surface area contributed by atoms with Gasteiger partial charge < -0.3 is 4.74 Å². The van der Waals surface area contributed by atoms with E-state index in [2.05, 4.69) is 4.90 Å². The molecule has 0 aliphatic carbocycles. The molecular formula is C13H24N2O2. The fourth-order valence-electron chi connectivity index (χ4n) is 2.70. The minimum Gasteiger partial charge on any atom is -0.444 e. The van der Waals surface area contributed by atoms with Gasteiger partial charge in [0.1, 0.15) is 5.60 Å². The molecule has 4 heteroatoms. The Labute approximate surface area is 104 Å². The van der Waals surface area contributed by atoms with E-state index in [9.17, 15) is 4.79 Å². The Morgan fingerprint density at radius 2 is 1.76 bits per heavy atom. The zero-order chi connectivity index (χ0) is 12.5. The fourth-order valence-corrected chi connectivity index (χ4v) is 2.70. The Bertz CT molecular complexity index is 280. The predicted octanol–water partition coefficient (Wildman–Crippen LogP) is 2.44. The minimum absolute atomic E-state index is 0.146. The molecule has 2 saturated heterocycles. The summed E-state index contributed by atoms with van der Waals surface area (Å²) in [6.07, 6.45) is 4.86. The zero-order valence-electron chi connectivity index (χ0n) is 11.2. The molecule has 2 aliphatic rings. The standard InChI is InChI=1S/C13H24N2O2/c1-13(2,3)17-12(16)15-10-6-7-11(15)14-8-4-5-9-14/h11H,4-10H2,1-3H3/t11-/m0/s1. The first-order valence-corrected chi connectivity index (χ1v) is 6.71. The summed E-state index contributed by atoms with van der Waals surface area (Å²) in [6, 6.07) is 0. The summed E-state index contributed by atoms with van der Waals surface area (Å²) in [5.41, 5.74) is -0.394. The average molecular weight is 240 g/mol. The van der Waals surface area contributed by atoms with Crippen molar-refractivity contribution in [2.45, 2.75) is 58.2 Å². The number of hydrogen-bond acceptors (Lipinski definition) is 3. The minimum atomic E-state index is -0.394. The molecule has 0 unspecified atom stereocenters. The molecule has 0 aromatic heterocycles. The lowest BCUT2D eigenvalue weighted by Crippen LogP contribution is -2.47.